The Hall–Kier alpha value is -1.95. The number of ether oxygens (including phenoxy) is 1. The van der Waals surface area contributed by atoms with Gasteiger partial charge in [-0.05, 0) is 61.1 Å². The van der Waals surface area contributed by atoms with Crippen molar-refractivity contribution in [1.82, 2.24) is 20.2 Å². The standard InChI is InChI=1S/C16H21N5O/c1-11-2-6-14(7-3-11)21-16(18-19-20-21)17-13-8-9-22-15(10-13)12-4-5-12/h2-3,6-7,12-13,15H,4-5,8-10H2,1H3,(H,17,18,20). The lowest BCUT2D eigenvalue weighted by Crippen LogP contribution is -2.35. The van der Waals surface area contributed by atoms with E-state index in [2.05, 4.69) is 39.9 Å². The summed E-state index contributed by atoms with van der Waals surface area (Å²) in [4.78, 5) is 0. The molecule has 2 atom stereocenters. The Kier molecular flexibility index (Phi) is 3.54. The van der Waals surface area contributed by atoms with E-state index in [0.717, 1.165) is 31.1 Å². The van der Waals surface area contributed by atoms with E-state index in [9.17, 15) is 0 Å². The van der Waals surface area contributed by atoms with E-state index in [4.69, 9.17) is 4.74 Å². The second-order valence-electron chi connectivity index (χ2n) is 6.36. The van der Waals surface area contributed by atoms with Gasteiger partial charge in [0, 0.05) is 12.6 Å². The summed E-state index contributed by atoms with van der Waals surface area (Å²) in [6.45, 7) is 2.90. The molecular formula is C16H21N5O. The molecule has 116 valence electrons. The lowest BCUT2D eigenvalue weighted by Gasteiger charge is -2.30. The monoisotopic (exact) mass is 299 g/mol. The van der Waals surface area contributed by atoms with Crippen molar-refractivity contribution in [1.29, 1.82) is 0 Å². The van der Waals surface area contributed by atoms with Gasteiger partial charge in [0.15, 0.2) is 0 Å². The maximum atomic E-state index is 5.88. The topological polar surface area (TPSA) is 64.9 Å². The average Bonchev–Trinajstić information content (AvgIpc) is 3.29. The summed E-state index contributed by atoms with van der Waals surface area (Å²) < 4.78 is 7.65. The minimum atomic E-state index is 0.384. The van der Waals surface area contributed by atoms with Gasteiger partial charge in [-0.3, -0.25) is 0 Å². The van der Waals surface area contributed by atoms with Crippen LogP contribution in [-0.2, 0) is 4.74 Å². The van der Waals surface area contributed by atoms with Crippen molar-refractivity contribution < 1.29 is 4.74 Å². The molecule has 2 fully saturated rings. The molecule has 0 amide bonds. The normalized spacial score (nSPS) is 25.1. The van der Waals surface area contributed by atoms with Crippen LogP contribution in [0.3, 0.4) is 0 Å². The third-order valence-electron chi connectivity index (χ3n) is 4.54. The second-order valence-corrected chi connectivity index (χ2v) is 6.36. The van der Waals surface area contributed by atoms with Crippen LogP contribution in [0.1, 0.15) is 31.2 Å². The van der Waals surface area contributed by atoms with Gasteiger partial charge in [0.2, 0.25) is 5.95 Å². The van der Waals surface area contributed by atoms with Gasteiger partial charge < -0.3 is 10.1 Å². The van der Waals surface area contributed by atoms with Gasteiger partial charge in [-0.2, -0.15) is 4.68 Å². The molecular weight excluding hydrogens is 278 g/mol. The number of nitrogens with one attached hydrogen (secondary N) is 1. The SMILES string of the molecule is Cc1ccc(-n2nnnc2NC2CCOC(C3CC3)C2)cc1. The van der Waals surface area contributed by atoms with E-state index < -0.39 is 0 Å². The summed E-state index contributed by atoms with van der Waals surface area (Å²) in [6.07, 6.45) is 5.10. The summed E-state index contributed by atoms with van der Waals surface area (Å²) in [5.41, 5.74) is 2.20. The fraction of sp³-hybridized carbons (Fsp3) is 0.562. The van der Waals surface area contributed by atoms with Crippen molar-refractivity contribution in [2.45, 2.75) is 44.8 Å². The van der Waals surface area contributed by atoms with Crippen LogP contribution in [0, 0.1) is 12.8 Å². The number of benzene rings is 1. The molecule has 6 nitrogen and oxygen atoms in total. The van der Waals surface area contributed by atoms with E-state index in [1.54, 1.807) is 4.68 Å². The molecule has 1 saturated heterocycles. The highest BCUT2D eigenvalue weighted by Crippen LogP contribution is 2.38. The molecule has 1 N–H and O–H groups in total. The van der Waals surface area contributed by atoms with Gasteiger partial charge in [-0.25, -0.2) is 0 Å². The summed E-state index contributed by atoms with van der Waals surface area (Å²) in [6, 6.07) is 8.59. The summed E-state index contributed by atoms with van der Waals surface area (Å²) in [5, 5.41) is 15.6. The fourth-order valence-corrected chi connectivity index (χ4v) is 3.08. The summed E-state index contributed by atoms with van der Waals surface area (Å²) >= 11 is 0. The van der Waals surface area contributed by atoms with Crippen molar-refractivity contribution in [3.63, 3.8) is 0 Å². The molecule has 1 aromatic carbocycles. The van der Waals surface area contributed by atoms with Gasteiger partial charge in [0.1, 0.15) is 0 Å². The fourth-order valence-electron chi connectivity index (χ4n) is 3.08. The highest BCUT2D eigenvalue weighted by Gasteiger charge is 2.36. The number of aryl methyl sites for hydroxylation is 1. The lowest BCUT2D eigenvalue weighted by atomic mass is 10.0. The highest BCUT2D eigenvalue weighted by atomic mass is 16.5. The lowest BCUT2D eigenvalue weighted by molar-refractivity contribution is -0.00231. The Bertz CT molecular complexity index is 634. The van der Waals surface area contributed by atoms with Crippen molar-refractivity contribution in [2.75, 3.05) is 11.9 Å². The average molecular weight is 299 g/mol. The van der Waals surface area contributed by atoms with Crippen LogP contribution in [0.2, 0.25) is 0 Å². The van der Waals surface area contributed by atoms with Gasteiger partial charge in [-0.1, -0.05) is 22.8 Å². The summed E-state index contributed by atoms with van der Waals surface area (Å²) in [5.74, 6) is 1.49. The zero-order valence-electron chi connectivity index (χ0n) is 12.8. The van der Waals surface area contributed by atoms with E-state index in [1.165, 1.54) is 18.4 Å². The first-order valence-electron chi connectivity index (χ1n) is 8.03. The number of aromatic nitrogens is 4. The molecule has 2 aliphatic rings. The third kappa shape index (κ3) is 2.83. The number of hydrogen-bond donors (Lipinski definition) is 1. The molecule has 2 unspecified atom stereocenters. The van der Waals surface area contributed by atoms with Crippen LogP contribution in [-0.4, -0.2) is 39.0 Å². The Morgan fingerprint density at radius 1 is 1.18 bits per heavy atom. The number of tetrazole rings is 1. The van der Waals surface area contributed by atoms with Crippen LogP contribution in [0.15, 0.2) is 24.3 Å². The largest absolute Gasteiger partial charge is 0.378 e. The van der Waals surface area contributed by atoms with Crippen molar-refractivity contribution in [3.05, 3.63) is 29.8 Å². The van der Waals surface area contributed by atoms with Crippen molar-refractivity contribution in [3.8, 4) is 5.69 Å². The quantitative estimate of drug-likeness (QED) is 0.938. The van der Waals surface area contributed by atoms with Crippen molar-refractivity contribution >= 4 is 5.95 Å². The third-order valence-corrected chi connectivity index (χ3v) is 4.54. The number of hydrogen-bond acceptors (Lipinski definition) is 5. The van der Waals surface area contributed by atoms with Gasteiger partial charge in [0.25, 0.3) is 0 Å². The molecule has 1 saturated carbocycles. The molecule has 2 aromatic rings. The first-order valence-corrected chi connectivity index (χ1v) is 8.03. The molecule has 4 rings (SSSR count). The Morgan fingerprint density at radius 2 is 2.00 bits per heavy atom. The zero-order valence-corrected chi connectivity index (χ0v) is 12.8. The van der Waals surface area contributed by atoms with E-state index in [1.807, 2.05) is 12.1 Å². The second kappa shape index (κ2) is 5.68. The van der Waals surface area contributed by atoms with Crippen LogP contribution in [0.5, 0.6) is 0 Å². The van der Waals surface area contributed by atoms with Gasteiger partial charge in [0.05, 0.1) is 11.8 Å². The van der Waals surface area contributed by atoms with Gasteiger partial charge >= 0.3 is 0 Å². The molecule has 1 aliphatic heterocycles. The molecule has 22 heavy (non-hydrogen) atoms. The molecule has 1 aromatic heterocycles. The Balaban J connectivity index is 1.49. The number of anilines is 1. The molecule has 0 spiro atoms. The van der Waals surface area contributed by atoms with E-state index in [0.29, 0.717) is 18.1 Å². The minimum absolute atomic E-state index is 0.384. The number of nitrogens with zero attached hydrogens (tertiary/aromatic N) is 4. The van der Waals surface area contributed by atoms with Crippen LogP contribution >= 0.6 is 0 Å². The predicted molar refractivity (Wildman–Crippen MR) is 83.0 cm³/mol. The predicted octanol–water partition coefficient (Wildman–Crippen LogP) is 2.34. The molecule has 1 aliphatic carbocycles. The minimum Gasteiger partial charge on any atom is -0.378 e. The summed E-state index contributed by atoms with van der Waals surface area (Å²) in [7, 11) is 0. The smallest absolute Gasteiger partial charge is 0.247 e. The Labute approximate surface area is 129 Å². The zero-order chi connectivity index (χ0) is 14.9. The van der Waals surface area contributed by atoms with E-state index in [-0.39, 0.29) is 0 Å². The van der Waals surface area contributed by atoms with Crippen LogP contribution in [0.25, 0.3) is 5.69 Å². The highest BCUT2D eigenvalue weighted by molar-refractivity contribution is 5.40. The maximum Gasteiger partial charge on any atom is 0.247 e. The molecule has 0 bridgehead atoms. The first-order chi connectivity index (χ1) is 10.8. The molecule has 6 heteroatoms. The molecule has 0 radical (unpaired) electrons. The van der Waals surface area contributed by atoms with Crippen LogP contribution in [0.4, 0.5) is 5.95 Å². The van der Waals surface area contributed by atoms with Crippen molar-refractivity contribution in [2.24, 2.45) is 5.92 Å². The van der Waals surface area contributed by atoms with Crippen LogP contribution < -0.4 is 5.32 Å². The number of rotatable bonds is 4. The molecule has 2 heterocycles. The van der Waals surface area contributed by atoms with Gasteiger partial charge in [-0.15, -0.1) is 0 Å². The Morgan fingerprint density at radius 3 is 2.77 bits per heavy atom. The van der Waals surface area contributed by atoms with E-state index >= 15 is 0 Å². The maximum absolute atomic E-state index is 5.88. The first kappa shape index (κ1) is 13.7.